The van der Waals surface area contributed by atoms with E-state index in [1.54, 1.807) is 4.90 Å². The number of unbranched alkanes of at least 4 members (excludes halogenated alkanes) is 1. The highest BCUT2D eigenvalue weighted by molar-refractivity contribution is 8.13. The maximum absolute atomic E-state index is 12.6. The molecule has 1 amide bonds. The van der Waals surface area contributed by atoms with Crippen molar-refractivity contribution in [3.63, 3.8) is 0 Å². The summed E-state index contributed by atoms with van der Waals surface area (Å²) in [6.45, 7) is 3.91. The molecule has 0 N–H and O–H groups in total. The van der Waals surface area contributed by atoms with E-state index in [0.29, 0.717) is 25.4 Å². The van der Waals surface area contributed by atoms with Crippen molar-refractivity contribution >= 4 is 25.6 Å². The van der Waals surface area contributed by atoms with Crippen LogP contribution in [0.1, 0.15) is 43.0 Å². The van der Waals surface area contributed by atoms with Crippen molar-refractivity contribution in [2.24, 2.45) is 0 Å². The van der Waals surface area contributed by atoms with Gasteiger partial charge in [-0.15, -0.1) is 0 Å². The Morgan fingerprint density at radius 3 is 2.59 bits per heavy atom. The Hall–Kier alpha value is -1.27. The zero-order valence-electron chi connectivity index (χ0n) is 12.5. The minimum absolute atomic E-state index is 0.0837. The molecule has 5 nitrogen and oxygen atoms in total. The summed E-state index contributed by atoms with van der Waals surface area (Å²) < 4.78 is 28.6. The average molecular weight is 346 g/mol. The van der Waals surface area contributed by atoms with E-state index in [1.807, 2.05) is 6.92 Å². The molecule has 122 valence electrons. The molecule has 0 radical (unpaired) electrons. The van der Waals surface area contributed by atoms with Crippen molar-refractivity contribution in [3.8, 4) is 5.75 Å². The first kappa shape index (κ1) is 17.1. The molecule has 0 saturated carbocycles. The molecule has 0 spiro atoms. The Kier molecular flexibility index (Phi) is 5.69. The summed E-state index contributed by atoms with van der Waals surface area (Å²) in [7, 11) is 1.50. The Morgan fingerprint density at radius 2 is 2.00 bits per heavy atom. The van der Waals surface area contributed by atoms with E-state index < -0.39 is 9.05 Å². The van der Waals surface area contributed by atoms with Crippen LogP contribution in [0.2, 0.25) is 0 Å². The number of carbonyl (C=O) groups excluding carboxylic acids is 1. The van der Waals surface area contributed by atoms with Crippen molar-refractivity contribution in [1.29, 1.82) is 0 Å². The Morgan fingerprint density at radius 1 is 1.32 bits per heavy atom. The van der Waals surface area contributed by atoms with Gasteiger partial charge in [0.15, 0.2) is 0 Å². The van der Waals surface area contributed by atoms with Crippen LogP contribution in [0.3, 0.4) is 0 Å². The SMILES string of the molecule is CCCCOc1ccc(S(=O)(=O)Cl)cc1C(=O)N1CCCC1. The van der Waals surface area contributed by atoms with Crippen molar-refractivity contribution < 1.29 is 17.9 Å². The topological polar surface area (TPSA) is 63.7 Å². The molecule has 1 aliphatic rings. The largest absolute Gasteiger partial charge is 0.493 e. The van der Waals surface area contributed by atoms with Gasteiger partial charge in [0.05, 0.1) is 17.1 Å². The van der Waals surface area contributed by atoms with Crippen LogP contribution in [-0.2, 0) is 9.05 Å². The summed E-state index contributed by atoms with van der Waals surface area (Å²) in [5.41, 5.74) is 0.264. The second kappa shape index (κ2) is 7.33. The lowest BCUT2D eigenvalue weighted by molar-refractivity contribution is 0.0788. The molecule has 1 aromatic carbocycles. The van der Waals surface area contributed by atoms with Gasteiger partial charge in [-0.1, -0.05) is 13.3 Å². The van der Waals surface area contributed by atoms with E-state index in [2.05, 4.69) is 0 Å². The number of benzene rings is 1. The molecular formula is C15H20ClNO4S. The number of hydrogen-bond acceptors (Lipinski definition) is 4. The van der Waals surface area contributed by atoms with E-state index in [4.69, 9.17) is 15.4 Å². The summed E-state index contributed by atoms with van der Waals surface area (Å²) in [6, 6.07) is 4.18. The van der Waals surface area contributed by atoms with Crippen LogP contribution >= 0.6 is 10.7 Å². The molecule has 1 aliphatic heterocycles. The summed E-state index contributed by atoms with van der Waals surface area (Å²) in [5, 5.41) is 0. The highest BCUT2D eigenvalue weighted by Crippen LogP contribution is 2.27. The molecular weight excluding hydrogens is 326 g/mol. The fourth-order valence-electron chi connectivity index (χ4n) is 2.37. The predicted octanol–water partition coefficient (Wildman–Crippen LogP) is 3.03. The van der Waals surface area contributed by atoms with E-state index in [-0.39, 0.29) is 16.4 Å². The highest BCUT2D eigenvalue weighted by atomic mass is 35.7. The van der Waals surface area contributed by atoms with Gasteiger partial charge in [0, 0.05) is 23.8 Å². The fourth-order valence-corrected chi connectivity index (χ4v) is 3.15. The Labute approximate surface area is 135 Å². The summed E-state index contributed by atoms with van der Waals surface area (Å²) in [6.07, 6.45) is 3.77. The molecule has 7 heteroatoms. The molecule has 1 saturated heterocycles. The van der Waals surface area contributed by atoms with Crippen LogP contribution in [0, 0.1) is 0 Å². The van der Waals surface area contributed by atoms with Crippen molar-refractivity contribution in [2.75, 3.05) is 19.7 Å². The summed E-state index contributed by atoms with van der Waals surface area (Å²) in [4.78, 5) is 14.2. The lowest BCUT2D eigenvalue weighted by Crippen LogP contribution is -2.28. The monoisotopic (exact) mass is 345 g/mol. The third kappa shape index (κ3) is 4.14. The van der Waals surface area contributed by atoms with Crippen LogP contribution in [0.5, 0.6) is 5.75 Å². The van der Waals surface area contributed by atoms with Crippen molar-refractivity contribution in [1.82, 2.24) is 4.90 Å². The highest BCUT2D eigenvalue weighted by Gasteiger charge is 2.24. The number of halogens is 1. The maximum atomic E-state index is 12.6. The first-order chi connectivity index (χ1) is 10.4. The molecule has 1 heterocycles. The van der Waals surface area contributed by atoms with Crippen LogP contribution in [0.15, 0.2) is 23.1 Å². The molecule has 0 atom stereocenters. The lowest BCUT2D eigenvalue weighted by Gasteiger charge is -2.18. The first-order valence-electron chi connectivity index (χ1n) is 7.44. The van der Waals surface area contributed by atoms with Crippen molar-refractivity contribution in [2.45, 2.75) is 37.5 Å². The average Bonchev–Trinajstić information content (AvgIpc) is 3.00. The molecule has 1 aromatic rings. The van der Waals surface area contributed by atoms with Gasteiger partial charge in [-0.25, -0.2) is 8.42 Å². The van der Waals surface area contributed by atoms with Gasteiger partial charge in [-0.3, -0.25) is 4.79 Å². The maximum Gasteiger partial charge on any atom is 0.261 e. The number of likely N-dealkylation sites (tertiary alicyclic amines) is 1. The molecule has 2 rings (SSSR count). The Bertz CT molecular complexity index is 639. The zero-order valence-corrected chi connectivity index (χ0v) is 14.1. The molecule has 22 heavy (non-hydrogen) atoms. The first-order valence-corrected chi connectivity index (χ1v) is 9.75. The number of ether oxygens (including phenoxy) is 1. The van der Waals surface area contributed by atoms with Gasteiger partial charge in [-0.05, 0) is 37.5 Å². The molecule has 1 fully saturated rings. The van der Waals surface area contributed by atoms with Gasteiger partial charge in [-0.2, -0.15) is 0 Å². The molecule has 0 bridgehead atoms. The molecule has 0 aliphatic carbocycles. The molecule has 0 aromatic heterocycles. The minimum Gasteiger partial charge on any atom is -0.493 e. The summed E-state index contributed by atoms with van der Waals surface area (Å²) >= 11 is 0. The van der Waals surface area contributed by atoms with Crippen LogP contribution < -0.4 is 4.74 Å². The number of rotatable bonds is 6. The number of amides is 1. The second-order valence-electron chi connectivity index (χ2n) is 5.30. The predicted molar refractivity (Wildman–Crippen MR) is 85.0 cm³/mol. The van der Waals surface area contributed by atoms with Gasteiger partial charge in [0.25, 0.3) is 15.0 Å². The van der Waals surface area contributed by atoms with Crippen LogP contribution in [-0.4, -0.2) is 38.9 Å². The third-order valence-electron chi connectivity index (χ3n) is 3.61. The zero-order chi connectivity index (χ0) is 16.2. The van der Waals surface area contributed by atoms with Gasteiger partial charge in [0.2, 0.25) is 0 Å². The Balaban J connectivity index is 2.33. The van der Waals surface area contributed by atoms with Crippen molar-refractivity contribution in [3.05, 3.63) is 23.8 Å². The van der Waals surface area contributed by atoms with Crippen LogP contribution in [0.25, 0.3) is 0 Å². The van der Waals surface area contributed by atoms with E-state index in [9.17, 15) is 13.2 Å². The van der Waals surface area contributed by atoms with Gasteiger partial charge in [0.1, 0.15) is 5.75 Å². The van der Waals surface area contributed by atoms with E-state index in [0.717, 1.165) is 25.7 Å². The molecule has 0 unspecified atom stereocenters. The number of nitrogens with zero attached hydrogens (tertiary/aromatic N) is 1. The number of carbonyl (C=O) groups is 1. The third-order valence-corrected chi connectivity index (χ3v) is 4.96. The second-order valence-corrected chi connectivity index (χ2v) is 7.86. The standard InChI is InChI=1S/C15H20ClNO4S/c1-2-3-10-21-14-7-6-12(22(16,19)20)11-13(14)15(18)17-8-4-5-9-17/h6-7,11H,2-5,8-10H2,1H3. The quantitative estimate of drug-likeness (QED) is 0.587. The van der Waals surface area contributed by atoms with Gasteiger partial charge >= 0.3 is 0 Å². The van der Waals surface area contributed by atoms with Gasteiger partial charge < -0.3 is 9.64 Å². The lowest BCUT2D eigenvalue weighted by atomic mass is 10.1. The minimum atomic E-state index is -3.88. The summed E-state index contributed by atoms with van der Waals surface area (Å²) in [5.74, 6) is 0.209. The fraction of sp³-hybridized carbons (Fsp3) is 0.533. The smallest absolute Gasteiger partial charge is 0.261 e. The van der Waals surface area contributed by atoms with E-state index in [1.165, 1.54) is 18.2 Å². The number of hydrogen-bond donors (Lipinski definition) is 0. The van der Waals surface area contributed by atoms with Crippen LogP contribution in [0.4, 0.5) is 0 Å². The normalized spacial score (nSPS) is 15.1. The van der Waals surface area contributed by atoms with E-state index >= 15 is 0 Å².